The van der Waals surface area contributed by atoms with Crippen molar-refractivity contribution in [3.8, 4) is 0 Å². The topological polar surface area (TPSA) is 71.4 Å². The van der Waals surface area contributed by atoms with Crippen molar-refractivity contribution in [3.63, 3.8) is 0 Å². The fourth-order valence-electron chi connectivity index (χ4n) is 2.31. The number of carbonyl (C=O) groups is 2. The lowest BCUT2D eigenvalue weighted by Crippen LogP contribution is -1.99. The van der Waals surface area contributed by atoms with Crippen LogP contribution in [0.4, 0.5) is 0 Å². The van der Waals surface area contributed by atoms with E-state index in [0.717, 1.165) is 22.3 Å². The van der Waals surface area contributed by atoms with Gasteiger partial charge in [0, 0.05) is 26.9 Å². The second-order valence-corrected chi connectivity index (χ2v) is 9.10. The lowest BCUT2D eigenvalue weighted by atomic mass is 10.0. The van der Waals surface area contributed by atoms with Gasteiger partial charge in [-0.25, -0.2) is 9.00 Å². The minimum atomic E-state index is -1.67. The maximum absolute atomic E-state index is 10.8. The van der Waals surface area contributed by atoms with Gasteiger partial charge in [0.1, 0.15) is 0 Å². The lowest BCUT2D eigenvalue weighted by molar-refractivity contribution is 0.0696. The summed E-state index contributed by atoms with van der Waals surface area (Å²) in [7, 11) is 7.36. The summed E-state index contributed by atoms with van der Waals surface area (Å²) < 4.78 is 9.09. The molecule has 0 saturated carbocycles. The Morgan fingerprint density at radius 2 is 1.00 bits per heavy atom. The normalized spacial score (nSPS) is 9.79. The fourth-order valence-corrected chi connectivity index (χ4v) is 2.42. The molecule has 0 amide bonds. The lowest BCUT2D eigenvalue weighted by Gasteiger charge is -2.05. The van der Waals surface area contributed by atoms with Crippen molar-refractivity contribution in [3.05, 3.63) is 68.8 Å². The summed E-state index contributed by atoms with van der Waals surface area (Å²) in [6.07, 6.45) is 0. The van der Waals surface area contributed by atoms with Gasteiger partial charge in [0.05, 0.1) is 5.56 Å². The van der Waals surface area contributed by atoms with E-state index in [1.807, 2.05) is 53.7 Å². The van der Waals surface area contributed by atoms with E-state index in [4.69, 9.17) is 20.9 Å². The quantitative estimate of drug-likeness (QED) is 0.525. The highest BCUT2D eigenvalue weighted by Crippen LogP contribution is 2.16. The molecule has 154 valence electrons. The largest absolute Gasteiger partial charge is 0.478 e. The van der Waals surface area contributed by atoms with Crippen LogP contribution in [-0.2, 0) is 9.23 Å². The van der Waals surface area contributed by atoms with Crippen molar-refractivity contribution in [2.45, 2.75) is 41.5 Å². The maximum Gasteiger partial charge on any atom is 0.335 e. The molecule has 2 aromatic rings. The van der Waals surface area contributed by atoms with Crippen LogP contribution in [0.15, 0.2) is 24.3 Å². The summed E-state index contributed by atoms with van der Waals surface area (Å²) in [6.45, 7) is 11.8. The predicted molar refractivity (Wildman–Crippen MR) is 118 cm³/mol. The van der Waals surface area contributed by atoms with Gasteiger partial charge in [-0.1, -0.05) is 0 Å². The Bertz CT molecular complexity index is 778. The van der Waals surface area contributed by atoms with Crippen molar-refractivity contribution in [1.82, 2.24) is 0 Å². The van der Waals surface area contributed by atoms with Gasteiger partial charge < -0.3 is 5.11 Å². The smallest absolute Gasteiger partial charge is 0.335 e. The van der Waals surface area contributed by atoms with Crippen molar-refractivity contribution in [2.24, 2.45) is 0 Å². The Hall–Kier alpha value is -1.40. The molecule has 2 aromatic carbocycles. The molecule has 28 heavy (non-hydrogen) atoms. The van der Waals surface area contributed by atoms with E-state index in [0.29, 0.717) is 11.1 Å². The monoisotopic (exact) mass is 464 g/mol. The molecule has 0 fully saturated rings. The van der Waals surface area contributed by atoms with E-state index in [2.05, 4.69) is 21.4 Å². The van der Waals surface area contributed by atoms with E-state index < -0.39 is 15.2 Å². The van der Waals surface area contributed by atoms with E-state index >= 15 is 0 Å². The Labute approximate surface area is 182 Å². The van der Waals surface area contributed by atoms with E-state index in [1.165, 1.54) is 11.1 Å². The Kier molecular flexibility index (Phi) is 11.6. The number of aromatic carboxylic acids is 1. The molecule has 0 saturated heterocycles. The van der Waals surface area contributed by atoms with Gasteiger partial charge >= 0.3 is 5.97 Å². The molecule has 1 N–H and O–H groups in total. The standard InChI is InChI=1S/C10H11ClO.C10H12O2.Cl2OS/c2*1-6-4-9(10(11)12)5-7(2)8(6)3;1-4(2)3/h4-5H,1-3H3;4-5H,1-3H3,(H,11,12);. The zero-order chi connectivity index (χ0) is 22.2. The third-order valence-electron chi connectivity index (χ3n) is 4.33. The second-order valence-electron chi connectivity index (χ2n) is 6.23. The summed E-state index contributed by atoms with van der Waals surface area (Å²) in [4.78, 5) is 21.4. The fraction of sp³-hybridized carbons (Fsp3) is 0.300. The van der Waals surface area contributed by atoms with E-state index in [9.17, 15) is 9.59 Å². The summed E-state index contributed by atoms with van der Waals surface area (Å²) in [6, 6.07) is 7.03. The average molecular weight is 466 g/mol. The first kappa shape index (κ1) is 26.6. The molecule has 0 aromatic heterocycles. The number of hydrogen-bond donors (Lipinski definition) is 1. The van der Waals surface area contributed by atoms with Crippen LogP contribution in [0.3, 0.4) is 0 Å². The molecule has 0 aliphatic heterocycles. The van der Waals surface area contributed by atoms with Crippen LogP contribution >= 0.6 is 33.0 Å². The van der Waals surface area contributed by atoms with Gasteiger partial charge in [0.25, 0.3) is 5.24 Å². The highest BCUT2D eigenvalue weighted by atomic mass is 36.0. The first-order chi connectivity index (χ1) is 12.8. The number of benzene rings is 2. The van der Waals surface area contributed by atoms with Crippen LogP contribution in [0.25, 0.3) is 0 Å². The molecule has 0 heterocycles. The van der Waals surface area contributed by atoms with Gasteiger partial charge in [-0.05, 0) is 111 Å². The minimum absolute atomic E-state index is 0.371. The molecule has 0 atom stereocenters. The van der Waals surface area contributed by atoms with Gasteiger partial charge in [-0.15, -0.1) is 0 Å². The van der Waals surface area contributed by atoms with Crippen LogP contribution in [-0.4, -0.2) is 20.5 Å². The van der Waals surface area contributed by atoms with Crippen molar-refractivity contribution >= 4 is 53.4 Å². The molecule has 4 nitrogen and oxygen atoms in total. The number of carbonyl (C=O) groups excluding carboxylic acids is 1. The van der Waals surface area contributed by atoms with Gasteiger partial charge in [-0.3, -0.25) is 4.79 Å². The van der Waals surface area contributed by atoms with Crippen LogP contribution in [0, 0.1) is 41.5 Å². The predicted octanol–water partition coefficient (Wildman–Crippen LogP) is 6.34. The number of carboxylic acids is 1. The molecule has 8 heteroatoms. The van der Waals surface area contributed by atoms with Gasteiger partial charge in [-0.2, -0.15) is 0 Å². The molecule has 0 spiro atoms. The number of hydrogen-bond acceptors (Lipinski definition) is 3. The number of aryl methyl sites for hydroxylation is 4. The third kappa shape index (κ3) is 9.20. The Morgan fingerprint density at radius 3 is 1.21 bits per heavy atom. The molecule has 2 rings (SSSR count). The van der Waals surface area contributed by atoms with Gasteiger partial charge in [0.2, 0.25) is 9.23 Å². The molecular formula is C20H23Cl3O4S. The number of halogens is 3. The summed E-state index contributed by atoms with van der Waals surface area (Å²) in [5, 5.41) is 8.34. The molecule has 0 aliphatic rings. The van der Waals surface area contributed by atoms with Crippen molar-refractivity contribution in [2.75, 3.05) is 0 Å². The molecule has 0 unspecified atom stereocenters. The first-order valence-electron chi connectivity index (χ1n) is 8.11. The first-order valence-corrected chi connectivity index (χ1v) is 11.3. The molecule has 0 aliphatic carbocycles. The van der Waals surface area contributed by atoms with Crippen LogP contribution in [0.2, 0.25) is 0 Å². The SMILES string of the molecule is Cc1cc(C(=O)Cl)cc(C)c1C.Cc1cc(C(=O)O)cc(C)c1C.O=S(Cl)Cl. The molecule has 0 radical (unpaired) electrons. The zero-order valence-corrected chi connectivity index (χ0v) is 19.6. The summed E-state index contributed by atoms with van der Waals surface area (Å²) in [5.74, 6) is -0.860. The van der Waals surface area contributed by atoms with E-state index in [-0.39, 0.29) is 5.24 Å². The third-order valence-corrected chi connectivity index (χ3v) is 4.55. The Balaban J connectivity index is 0.000000439. The zero-order valence-electron chi connectivity index (χ0n) is 16.5. The number of rotatable bonds is 2. The van der Waals surface area contributed by atoms with Crippen molar-refractivity contribution < 1.29 is 18.9 Å². The summed E-state index contributed by atoms with van der Waals surface area (Å²) >= 11 is 5.36. The number of carboxylic acid groups (broad SMARTS) is 1. The highest BCUT2D eigenvalue weighted by Gasteiger charge is 2.06. The molecular weight excluding hydrogens is 443 g/mol. The van der Waals surface area contributed by atoms with E-state index in [1.54, 1.807) is 12.1 Å². The second kappa shape index (κ2) is 12.2. The van der Waals surface area contributed by atoms with Gasteiger partial charge in [0.15, 0.2) is 0 Å². The van der Waals surface area contributed by atoms with Crippen molar-refractivity contribution in [1.29, 1.82) is 0 Å². The van der Waals surface area contributed by atoms with Crippen LogP contribution in [0.1, 0.15) is 54.1 Å². The molecule has 0 bridgehead atoms. The average Bonchev–Trinajstić information content (AvgIpc) is 2.56. The highest BCUT2D eigenvalue weighted by molar-refractivity contribution is 8.26. The minimum Gasteiger partial charge on any atom is -0.478 e. The van der Waals surface area contributed by atoms with Crippen LogP contribution in [0.5, 0.6) is 0 Å². The maximum atomic E-state index is 10.8. The Morgan fingerprint density at radius 1 is 0.750 bits per heavy atom. The van der Waals surface area contributed by atoms with Crippen LogP contribution < -0.4 is 0 Å². The summed E-state index contributed by atoms with van der Waals surface area (Å²) in [5.41, 5.74) is 7.63.